The molecule has 0 spiro atoms. The number of nitrogens with zero attached hydrogens (tertiary/aromatic N) is 1. The van der Waals surface area contributed by atoms with Gasteiger partial charge in [0.2, 0.25) is 0 Å². The van der Waals surface area contributed by atoms with Gasteiger partial charge in [-0.15, -0.1) is 0 Å². The van der Waals surface area contributed by atoms with Crippen molar-refractivity contribution in [3.8, 4) is 0 Å². The van der Waals surface area contributed by atoms with Crippen molar-refractivity contribution in [3.05, 3.63) is 0 Å². The molecule has 3 aliphatic rings. The second-order valence-corrected chi connectivity index (χ2v) is 5.76. The van der Waals surface area contributed by atoms with Gasteiger partial charge < -0.3 is 10.2 Å². The third-order valence-electron chi connectivity index (χ3n) is 4.29. The van der Waals surface area contributed by atoms with Crippen molar-refractivity contribution >= 4 is 0 Å². The molecule has 0 aromatic heterocycles. The fourth-order valence-corrected chi connectivity index (χ4v) is 3.32. The van der Waals surface area contributed by atoms with Gasteiger partial charge >= 0.3 is 0 Å². The molecule has 14 heavy (non-hydrogen) atoms. The summed E-state index contributed by atoms with van der Waals surface area (Å²) in [6.07, 6.45) is 4.30. The average molecular weight is 194 g/mol. The van der Waals surface area contributed by atoms with Crippen LogP contribution in [0.2, 0.25) is 0 Å². The predicted octanol–water partition coefficient (Wildman–Crippen LogP) is 1.33. The SMILES string of the molecule is CC1CCNC(CN2CC3CC3C2)C1. The minimum atomic E-state index is 0.788. The third kappa shape index (κ3) is 1.82. The quantitative estimate of drug-likeness (QED) is 0.713. The van der Waals surface area contributed by atoms with Crippen LogP contribution in [0.5, 0.6) is 0 Å². The van der Waals surface area contributed by atoms with Crippen LogP contribution in [0.15, 0.2) is 0 Å². The fraction of sp³-hybridized carbons (Fsp3) is 1.00. The number of likely N-dealkylation sites (tertiary alicyclic amines) is 1. The van der Waals surface area contributed by atoms with Crippen molar-refractivity contribution in [3.63, 3.8) is 0 Å². The van der Waals surface area contributed by atoms with Crippen LogP contribution in [0.3, 0.4) is 0 Å². The number of piperidine rings is 2. The van der Waals surface area contributed by atoms with Gasteiger partial charge in [0.15, 0.2) is 0 Å². The first-order valence-electron chi connectivity index (χ1n) is 6.27. The highest BCUT2D eigenvalue weighted by molar-refractivity contribution is 4.97. The highest BCUT2D eigenvalue weighted by Gasteiger charge is 2.45. The van der Waals surface area contributed by atoms with Crippen molar-refractivity contribution in [2.45, 2.75) is 32.2 Å². The highest BCUT2D eigenvalue weighted by atomic mass is 15.2. The number of hydrogen-bond donors (Lipinski definition) is 1. The molecule has 2 heteroatoms. The van der Waals surface area contributed by atoms with Crippen LogP contribution in [-0.2, 0) is 0 Å². The molecule has 80 valence electrons. The summed E-state index contributed by atoms with van der Waals surface area (Å²) in [7, 11) is 0. The first-order valence-corrected chi connectivity index (χ1v) is 6.27. The molecule has 1 N–H and O–H groups in total. The summed E-state index contributed by atoms with van der Waals surface area (Å²) in [4.78, 5) is 2.69. The molecule has 2 nitrogen and oxygen atoms in total. The lowest BCUT2D eigenvalue weighted by molar-refractivity contribution is 0.221. The molecule has 0 radical (unpaired) electrons. The standard InChI is InChI=1S/C12H22N2/c1-9-2-3-13-12(4-9)8-14-6-10-5-11(10)7-14/h9-13H,2-8H2,1H3. The van der Waals surface area contributed by atoms with Gasteiger partial charge in [-0.2, -0.15) is 0 Å². The van der Waals surface area contributed by atoms with E-state index in [1.165, 1.54) is 45.4 Å². The van der Waals surface area contributed by atoms with E-state index in [0.29, 0.717) is 0 Å². The lowest BCUT2D eigenvalue weighted by Gasteiger charge is -2.31. The minimum Gasteiger partial charge on any atom is -0.313 e. The Balaban J connectivity index is 1.47. The molecule has 3 rings (SSSR count). The van der Waals surface area contributed by atoms with Crippen LogP contribution in [0.1, 0.15) is 26.2 Å². The van der Waals surface area contributed by atoms with E-state index in [0.717, 1.165) is 23.8 Å². The summed E-state index contributed by atoms with van der Waals surface area (Å²) >= 11 is 0. The van der Waals surface area contributed by atoms with E-state index in [4.69, 9.17) is 0 Å². The van der Waals surface area contributed by atoms with Crippen LogP contribution in [0, 0.1) is 17.8 Å². The fourth-order valence-electron chi connectivity index (χ4n) is 3.32. The Morgan fingerprint density at radius 3 is 2.71 bits per heavy atom. The zero-order chi connectivity index (χ0) is 9.54. The van der Waals surface area contributed by atoms with Crippen LogP contribution < -0.4 is 5.32 Å². The summed E-state index contributed by atoms with van der Waals surface area (Å²) in [5.74, 6) is 3.13. The summed E-state index contributed by atoms with van der Waals surface area (Å²) in [5.41, 5.74) is 0. The van der Waals surface area contributed by atoms with Gasteiger partial charge in [-0.3, -0.25) is 0 Å². The van der Waals surface area contributed by atoms with Crippen LogP contribution in [0.4, 0.5) is 0 Å². The summed E-state index contributed by atoms with van der Waals surface area (Å²) in [6.45, 7) is 7.76. The Labute approximate surface area is 87.0 Å². The van der Waals surface area contributed by atoms with E-state index in [-0.39, 0.29) is 0 Å². The Morgan fingerprint density at radius 1 is 1.21 bits per heavy atom. The molecule has 4 atom stereocenters. The molecule has 1 saturated carbocycles. The first-order chi connectivity index (χ1) is 6.81. The van der Waals surface area contributed by atoms with Gasteiger partial charge in [-0.25, -0.2) is 0 Å². The predicted molar refractivity (Wildman–Crippen MR) is 58.2 cm³/mol. The zero-order valence-electron chi connectivity index (χ0n) is 9.21. The van der Waals surface area contributed by atoms with Gasteiger partial charge in [-0.05, 0) is 43.6 Å². The summed E-state index contributed by atoms with van der Waals surface area (Å²) < 4.78 is 0. The third-order valence-corrected chi connectivity index (χ3v) is 4.29. The summed E-state index contributed by atoms with van der Waals surface area (Å²) in [6, 6.07) is 0.788. The second-order valence-electron chi connectivity index (χ2n) is 5.76. The number of fused-ring (bicyclic) bond motifs is 1. The Kier molecular flexibility index (Phi) is 2.29. The van der Waals surface area contributed by atoms with Gasteiger partial charge in [0.05, 0.1) is 0 Å². The smallest absolute Gasteiger partial charge is 0.0197 e. The van der Waals surface area contributed by atoms with E-state index in [1.54, 1.807) is 0 Å². The Morgan fingerprint density at radius 2 is 2.00 bits per heavy atom. The van der Waals surface area contributed by atoms with Gasteiger partial charge in [0, 0.05) is 25.7 Å². The molecule has 2 aliphatic heterocycles. The maximum atomic E-state index is 3.66. The molecule has 1 aliphatic carbocycles. The molecule has 0 bridgehead atoms. The molecule has 0 aromatic carbocycles. The largest absolute Gasteiger partial charge is 0.313 e. The van der Waals surface area contributed by atoms with Crippen molar-refractivity contribution in [2.75, 3.05) is 26.2 Å². The van der Waals surface area contributed by atoms with Crippen molar-refractivity contribution in [1.82, 2.24) is 10.2 Å². The van der Waals surface area contributed by atoms with Gasteiger partial charge in [0.25, 0.3) is 0 Å². The zero-order valence-corrected chi connectivity index (χ0v) is 9.21. The molecule has 0 aromatic rings. The lowest BCUT2D eigenvalue weighted by Crippen LogP contribution is -2.45. The maximum absolute atomic E-state index is 3.66. The monoisotopic (exact) mass is 194 g/mol. The van der Waals surface area contributed by atoms with Crippen molar-refractivity contribution in [2.24, 2.45) is 17.8 Å². The van der Waals surface area contributed by atoms with Gasteiger partial charge in [0.1, 0.15) is 0 Å². The Bertz CT molecular complexity index is 206. The van der Waals surface area contributed by atoms with Crippen LogP contribution in [-0.4, -0.2) is 37.1 Å². The van der Waals surface area contributed by atoms with Gasteiger partial charge in [-0.1, -0.05) is 6.92 Å². The Hall–Kier alpha value is -0.0800. The average Bonchev–Trinajstić information content (AvgIpc) is 2.74. The molecular formula is C12H22N2. The van der Waals surface area contributed by atoms with E-state index < -0.39 is 0 Å². The van der Waals surface area contributed by atoms with E-state index >= 15 is 0 Å². The number of rotatable bonds is 2. The van der Waals surface area contributed by atoms with E-state index in [9.17, 15) is 0 Å². The van der Waals surface area contributed by atoms with E-state index in [2.05, 4.69) is 17.1 Å². The molecule has 2 heterocycles. The molecular weight excluding hydrogens is 172 g/mol. The molecule has 0 amide bonds. The lowest BCUT2D eigenvalue weighted by atomic mass is 9.94. The number of hydrogen-bond acceptors (Lipinski definition) is 2. The number of nitrogens with one attached hydrogen (secondary N) is 1. The van der Waals surface area contributed by atoms with Crippen LogP contribution in [0.25, 0.3) is 0 Å². The van der Waals surface area contributed by atoms with Crippen molar-refractivity contribution < 1.29 is 0 Å². The highest BCUT2D eigenvalue weighted by Crippen LogP contribution is 2.44. The maximum Gasteiger partial charge on any atom is 0.0197 e. The van der Waals surface area contributed by atoms with Crippen molar-refractivity contribution in [1.29, 1.82) is 0 Å². The minimum absolute atomic E-state index is 0.788. The normalized spacial score (nSPS) is 47.8. The first kappa shape index (κ1) is 9.17. The molecule has 2 saturated heterocycles. The van der Waals surface area contributed by atoms with Crippen LogP contribution >= 0.6 is 0 Å². The molecule has 3 fully saturated rings. The second kappa shape index (κ2) is 3.49. The molecule has 4 unspecified atom stereocenters. The topological polar surface area (TPSA) is 15.3 Å². The summed E-state index contributed by atoms with van der Waals surface area (Å²) in [5, 5.41) is 3.66. The van der Waals surface area contributed by atoms with E-state index in [1.807, 2.05) is 0 Å².